The Kier molecular flexibility index (Phi) is 6.42. The van der Waals surface area contributed by atoms with Crippen LogP contribution >= 0.6 is 15.9 Å². The van der Waals surface area contributed by atoms with Crippen LogP contribution in [0, 0.1) is 0 Å². The Labute approximate surface area is 105 Å². The minimum Gasteiger partial charge on any atom is -0.315 e. The fourth-order valence-electron chi connectivity index (χ4n) is 1.50. The van der Waals surface area contributed by atoms with Crippen molar-refractivity contribution in [2.75, 3.05) is 13.1 Å². The summed E-state index contributed by atoms with van der Waals surface area (Å²) in [6.45, 7) is 4.81. The number of nitrogens with zero attached hydrogens (tertiary/aromatic N) is 1. The molecule has 1 aromatic rings. The summed E-state index contributed by atoms with van der Waals surface area (Å²) >= 11 is 3.36. The maximum atomic E-state index is 11.5. The Morgan fingerprint density at radius 1 is 1.31 bits per heavy atom. The summed E-state index contributed by atoms with van der Waals surface area (Å²) in [7, 11) is 0. The Hall–Kier alpha value is -0.610. The second-order valence-electron chi connectivity index (χ2n) is 3.84. The first kappa shape index (κ1) is 13.5. The van der Waals surface area contributed by atoms with Crippen LogP contribution in [0.1, 0.15) is 26.2 Å². The van der Waals surface area contributed by atoms with Crippen molar-refractivity contribution >= 4 is 15.9 Å². The molecule has 16 heavy (non-hydrogen) atoms. The number of halogens is 1. The van der Waals surface area contributed by atoms with E-state index in [0.717, 1.165) is 24.1 Å². The van der Waals surface area contributed by atoms with Crippen LogP contribution in [0.3, 0.4) is 0 Å². The molecule has 0 atom stereocenters. The molecule has 3 nitrogen and oxygen atoms in total. The second-order valence-corrected chi connectivity index (χ2v) is 4.75. The highest BCUT2D eigenvalue weighted by Crippen LogP contribution is 2.04. The van der Waals surface area contributed by atoms with Gasteiger partial charge in [-0.05, 0) is 35.0 Å². The van der Waals surface area contributed by atoms with Crippen LogP contribution in [0.5, 0.6) is 0 Å². The summed E-state index contributed by atoms with van der Waals surface area (Å²) in [5.41, 5.74) is 0.0542. The standard InChI is InChI=1S/C12H19BrN2O/c1-2-3-4-7-14-8-9-15-10-11(13)5-6-12(15)16/h5-6,10,14H,2-4,7-9H2,1H3. The van der Waals surface area contributed by atoms with E-state index in [0.29, 0.717) is 0 Å². The molecule has 1 N–H and O–H groups in total. The maximum Gasteiger partial charge on any atom is 0.250 e. The van der Waals surface area contributed by atoms with E-state index >= 15 is 0 Å². The van der Waals surface area contributed by atoms with Gasteiger partial charge in [0.2, 0.25) is 0 Å². The molecule has 1 heterocycles. The molecule has 0 radical (unpaired) electrons. The molecule has 0 aliphatic carbocycles. The highest BCUT2D eigenvalue weighted by Gasteiger charge is 1.96. The van der Waals surface area contributed by atoms with Gasteiger partial charge in [-0.1, -0.05) is 19.8 Å². The summed E-state index contributed by atoms with van der Waals surface area (Å²) < 4.78 is 2.66. The smallest absolute Gasteiger partial charge is 0.250 e. The zero-order valence-electron chi connectivity index (χ0n) is 9.71. The monoisotopic (exact) mass is 286 g/mol. The molecular formula is C12H19BrN2O. The summed E-state index contributed by atoms with van der Waals surface area (Å²) in [4.78, 5) is 11.5. The summed E-state index contributed by atoms with van der Waals surface area (Å²) in [5.74, 6) is 0. The predicted octanol–water partition coefficient (Wildman–Crippen LogP) is 2.39. The number of aromatic nitrogens is 1. The van der Waals surface area contributed by atoms with Crippen LogP contribution in [0.4, 0.5) is 0 Å². The van der Waals surface area contributed by atoms with Crippen molar-refractivity contribution in [3.05, 3.63) is 33.2 Å². The highest BCUT2D eigenvalue weighted by atomic mass is 79.9. The van der Waals surface area contributed by atoms with Crippen molar-refractivity contribution in [3.8, 4) is 0 Å². The van der Waals surface area contributed by atoms with Crippen LogP contribution in [0.25, 0.3) is 0 Å². The lowest BCUT2D eigenvalue weighted by molar-refractivity contribution is 0.561. The average Bonchev–Trinajstić information content (AvgIpc) is 2.28. The van der Waals surface area contributed by atoms with Gasteiger partial charge in [0.1, 0.15) is 0 Å². The van der Waals surface area contributed by atoms with Gasteiger partial charge in [-0.25, -0.2) is 0 Å². The van der Waals surface area contributed by atoms with E-state index < -0.39 is 0 Å². The van der Waals surface area contributed by atoms with Crippen molar-refractivity contribution in [2.45, 2.75) is 32.7 Å². The van der Waals surface area contributed by atoms with E-state index in [9.17, 15) is 4.79 Å². The van der Waals surface area contributed by atoms with Gasteiger partial charge in [-0.2, -0.15) is 0 Å². The number of rotatable bonds is 7. The molecule has 0 amide bonds. The van der Waals surface area contributed by atoms with Crippen molar-refractivity contribution in [3.63, 3.8) is 0 Å². The first-order valence-corrected chi connectivity index (χ1v) is 6.60. The Morgan fingerprint density at radius 2 is 2.12 bits per heavy atom. The Balaban J connectivity index is 2.26. The fraction of sp³-hybridized carbons (Fsp3) is 0.583. The van der Waals surface area contributed by atoms with Gasteiger partial charge < -0.3 is 9.88 Å². The molecule has 0 saturated heterocycles. The summed E-state index contributed by atoms with van der Waals surface area (Å²) in [6, 6.07) is 3.36. The SMILES string of the molecule is CCCCCNCCn1cc(Br)ccc1=O. The zero-order valence-corrected chi connectivity index (χ0v) is 11.3. The first-order valence-electron chi connectivity index (χ1n) is 5.80. The Morgan fingerprint density at radius 3 is 2.88 bits per heavy atom. The highest BCUT2D eigenvalue weighted by molar-refractivity contribution is 9.10. The average molecular weight is 287 g/mol. The lowest BCUT2D eigenvalue weighted by Gasteiger charge is -2.07. The van der Waals surface area contributed by atoms with Gasteiger partial charge in [0, 0.05) is 29.8 Å². The molecule has 1 aromatic heterocycles. The van der Waals surface area contributed by atoms with Crippen molar-refractivity contribution in [1.29, 1.82) is 0 Å². The molecule has 0 spiro atoms. The first-order chi connectivity index (χ1) is 7.74. The van der Waals surface area contributed by atoms with Gasteiger partial charge >= 0.3 is 0 Å². The Bertz CT molecular complexity index is 362. The normalized spacial score (nSPS) is 10.6. The van der Waals surface area contributed by atoms with Gasteiger partial charge in [0.05, 0.1) is 0 Å². The lowest BCUT2D eigenvalue weighted by Crippen LogP contribution is -2.26. The molecular weight excluding hydrogens is 268 g/mol. The molecule has 90 valence electrons. The quantitative estimate of drug-likeness (QED) is 0.781. The molecule has 0 bridgehead atoms. The van der Waals surface area contributed by atoms with Gasteiger partial charge in [0.25, 0.3) is 5.56 Å². The van der Waals surface area contributed by atoms with Crippen LogP contribution < -0.4 is 10.9 Å². The minimum atomic E-state index is 0.0542. The number of nitrogens with one attached hydrogen (secondary N) is 1. The number of pyridine rings is 1. The van der Waals surface area contributed by atoms with Crippen LogP contribution in [0.2, 0.25) is 0 Å². The van der Waals surface area contributed by atoms with Gasteiger partial charge in [0.15, 0.2) is 0 Å². The number of hydrogen-bond acceptors (Lipinski definition) is 2. The third-order valence-corrected chi connectivity index (χ3v) is 2.90. The molecule has 0 fully saturated rings. The van der Waals surface area contributed by atoms with Crippen LogP contribution in [-0.4, -0.2) is 17.7 Å². The van der Waals surface area contributed by atoms with E-state index in [2.05, 4.69) is 28.2 Å². The van der Waals surface area contributed by atoms with E-state index in [1.165, 1.54) is 19.3 Å². The van der Waals surface area contributed by atoms with Crippen molar-refractivity contribution in [2.24, 2.45) is 0 Å². The third kappa shape index (κ3) is 4.94. The molecule has 0 aromatic carbocycles. The van der Waals surface area contributed by atoms with Crippen LogP contribution in [0.15, 0.2) is 27.6 Å². The van der Waals surface area contributed by atoms with Crippen molar-refractivity contribution in [1.82, 2.24) is 9.88 Å². The predicted molar refractivity (Wildman–Crippen MR) is 70.8 cm³/mol. The van der Waals surface area contributed by atoms with Crippen LogP contribution in [-0.2, 0) is 6.54 Å². The topological polar surface area (TPSA) is 34.0 Å². The molecule has 4 heteroatoms. The van der Waals surface area contributed by atoms with Gasteiger partial charge in [-0.3, -0.25) is 4.79 Å². The molecule has 0 aliphatic heterocycles. The minimum absolute atomic E-state index is 0.0542. The van der Waals surface area contributed by atoms with E-state index in [1.54, 1.807) is 16.7 Å². The fourth-order valence-corrected chi connectivity index (χ4v) is 1.88. The summed E-state index contributed by atoms with van der Waals surface area (Å²) in [6.07, 6.45) is 5.55. The zero-order chi connectivity index (χ0) is 11.8. The van der Waals surface area contributed by atoms with Crippen molar-refractivity contribution < 1.29 is 0 Å². The number of unbranched alkanes of at least 4 members (excludes halogenated alkanes) is 2. The van der Waals surface area contributed by atoms with Gasteiger partial charge in [-0.15, -0.1) is 0 Å². The number of hydrogen-bond donors (Lipinski definition) is 1. The van der Waals surface area contributed by atoms with E-state index in [-0.39, 0.29) is 5.56 Å². The van der Waals surface area contributed by atoms with E-state index in [4.69, 9.17) is 0 Å². The molecule has 1 rings (SSSR count). The molecule has 0 aliphatic rings. The van der Waals surface area contributed by atoms with E-state index in [1.807, 2.05) is 6.20 Å². The summed E-state index contributed by atoms with van der Waals surface area (Å²) in [5, 5.41) is 3.34. The largest absolute Gasteiger partial charge is 0.315 e. The maximum absolute atomic E-state index is 11.5. The third-order valence-electron chi connectivity index (χ3n) is 2.43. The lowest BCUT2D eigenvalue weighted by atomic mass is 10.2. The second kappa shape index (κ2) is 7.63. The molecule has 0 saturated carbocycles. The molecule has 0 unspecified atom stereocenters.